The molecule has 0 aliphatic carbocycles. The quantitative estimate of drug-likeness (QED) is 0.599. The molecule has 0 amide bonds. The van der Waals surface area contributed by atoms with Crippen molar-refractivity contribution in [3.05, 3.63) is 34.9 Å². The average Bonchev–Trinajstić information content (AvgIpc) is 2.25. The van der Waals surface area contributed by atoms with Gasteiger partial charge >= 0.3 is 18.3 Å². The zero-order chi connectivity index (χ0) is 15.7. The summed E-state index contributed by atoms with van der Waals surface area (Å²) >= 11 is 0. The van der Waals surface area contributed by atoms with Crippen LogP contribution < -0.4 is 0 Å². The van der Waals surface area contributed by atoms with Gasteiger partial charge in [-0.1, -0.05) is 0 Å². The molecule has 0 aliphatic rings. The summed E-state index contributed by atoms with van der Waals surface area (Å²) in [6, 6.07) is 1.08. The fourth-order valence-electron chi connectivity index (χ4n) is 1.53. The van der Waals surface area contributed by atoms with Crippen molar-refractivity contribution in [2.45, 2.75) is 32.3 Å². The lowest BCUT2D eigenvalue weighted by molar-refractivity contribution is -0.145. The molecule has 1 aromatic rings. The lowest BCUT2D eigenvalue weighted by atomic mass is 10.0. The van der Waals surface area contributed by atoms with E-state index >= 15 is 0 Å². The van der Waals surface area contributed by atoms with Gasteiger partial charge in [0.15, 0.2) is 0 Å². The number of rotatable bonds is 2. The number of alkyl halides is 6. The van der Waals surface area contributed by atoms with E-state index in [2.05, 4.69) is 4.74 Å². The fraction of sp³-hybridized carbons (Fsp3) is 0.417. The molecule has 0 radical (unpaired) electrons. The monoisotopic (exact) mass is 300 g/mol. The second kappa shape index (κ2) is 5.34. The molecule has 20 heavy (non-hydrogen) atoms. The Hall–Kier alpha value is -1.73. The second-order valence-corrected chi connectivity index (χ2v) is 4.09. The lowest BCUT2D eigenvalue weighted by Crippen LogP contribution is -2.14. The summed E-state index contributed by atoms with van der Waals surface area (Å²) in [6.07, 6.45) is -11.1. The number of hydrogen-bond donors (Lipinski definition) is 0. The van der Waals surface area contributed by atoms with Crippen LogP contribution >= 0.6 is 0 Å². The molecule has 0 fully saturated rings. The number of carbonyl (C=O) groups is 1. The zero-order valence-electron chi connectivity index (χ0n) is 10.4. The van der Waals surface area contributed by atoms with E-state index in [0.29, 0.717) is 12.1 Å². The maximum absolute atomic E-state index is 12.6. The van der Waals surface area contributed by atoms with Gasteiger partial charge in [0.05, 0.1) is 11.1 Å². The largest absolute Gasteiger partial charge is 0.458 e. The summed E-state index contributed by atoms with van der Waals surface area (Å²) in [6.45, 7) is 2.20. The minimum Gasteiger partial charge on any atom is -0.458 e. The minimum absolute atomic E-state index is 0.0178. The minimum atomic E-state index is -4.92. The number of ether oxygens (including phenoxy) is 1. The van der Waals surface area contributed by atoms with E-state index in [4.69, 9.17) is 0 Å². The lowest BCUT2D eigenvalue weighted by Gasteiger charge is -2.17. The van der Waals surface area contributed by atoms with Gasteiger partial charge in [0.25, 0.3) is 0 Å². The van der Waals surface area contributed by atoms with Crippen LogP contribution in [-0.4, -0.2) is 5.97 Å². The molecule has 0 heterocycles. The summed E-state index contributed by atoms with van der Waals surface area (Å²) < 4.78 is 80.1. The Morgan fingerprint density at radius 2 is 1.40 bits per heavy atom. The Balaban J connectivity index is 3.34. The van der Waals surface area contributed by atoms with E-state index in [-0.39, 0.29) is 11.6 Å². The number of hydrogen-bond acceptors (Lipinski definition) is 2. The van der Waals surface area contributed by atoms with Gasteiger partial charge in [-0.2, -0.15) is 26.3 Å². The van der Waals surface area contributed by atoms with Gasteiger partial charge in [-0.3, -0.25) is 4.79 Å². The van der Waals surface area contributed by atoms with Crippen LogP contribution in [0, 0.1) is 0 Å². The Kier molecular flexibility index (Phi) is 4.36. The third-order valence-electron chi connectivity index (χ3n) is 2.42. The van der Waals surface area contributed by atoms with Crippen LogP contribution in [0.4, 0.5) is 26.3 Å². The zero-order valence-corrected chi connectivity index (χ0v) is 10.4. The molecule has 0 saturated carbocycles. The molecule has 0 aromatic heterocycles. The highest BCUT2D eigenvalue weighted by Gasteiger charge is 2.37. The van der Waals surface area contributed by atoms with Gasteiger partial charge in [0, 0.05) is 6.92 Å². The predicted molar refractivity (Wildman–Crippen MR) is 56.6 cm³/mol. The van der Waals surface area contributed by atoms with Crippen molar-refractivity contribution in [2.24, 2.45) is 0 Å². The first kappa shape index (κ1) is 16.3. The molecule has 1 rings (SSSR count). The Bertz CT molecular complexity index is 471. The van der Waals surface area contributed by atoms with Gasteiger partial charge in [-0.15, -0.1) is 0 Å². The van der Waals surface area contributed by atoms with Crippen LogP contribution in [0.1, 0.15) is 36.6 Å². The molecule has 0 bridgehead atoms. The third kappa shape index (κ3) is 4.14. The van der Waals surface area contributed by atoms with E-state index in [0.717, 1.165) is 6.92 Å². The van der Waals surface area contributed by atoms with Crippen LogP contribution in [0.5, 0.6) is 0 Å². The summed E-state index contributed by atoms with van der Waals surface area (Å²) in [7, 11) is 0. The van der Waals surface area contributed by atoms with Crippen LogP contribution in [0.2, 0.25) is 0 Å². The van der Waals surface area contributed by atoms with Crippen LogP contribution in [0.15, 0.2) is 18.2 Å². The normalized spacial score (nSPS) is 14.0. The summed E-state index contributed by atoms with van der Waals surface area (Å²) in [5.41, 5.74) is -3.26. The Morgan fingerprint density at radius 3 is 1.70 bits per heavy atom. The van der Waals surface area contributed by atoms with Gasteiger partial charge in [0.2, 0.25) is 0 Å². The molecular weight excluding hydrogens is 290 g/mol. The van der Waals surface area contributed by atoms with Crippen molar-refractivity contribution in [1.29, 1.82) is 0 Å². The van der Waals surface area contributed by atoms with Gasteiger partial charge < -0.3 is 4.74 Å². The number of carbonyl (C=O) groups excluding carboxylic acids is 1. The van der Waals surface area contributed by atoms with Gasteiger partial charge in [-0.25, -0.2) is 0 Å². The number of benzene rings is 1. The van der Waals surface area contributed by atoms with Crippen molar-refractivity contribution >= 4 is 5.97 Å². The van der Waals surface area contributed by atoms with E-state index in [1.807, 2.05) is 0 Å². The smallest absolute Gasteiger partial charge is 0.416 e. The standard InChI is InChI=1S/C12H10F6O2/c1-6(20-7(2)19)8-3-9(11(13,14)15)5-10(4-8)12(16,17)18/h3-6H,1-2H3/t6-/m0/s1. The molecule has 1 atom stereocenters. The van der Waals surface area contributed by atoms with E-state index in [9.17, 15) is 31.1 Å². The van der Waals surface area contributed by atoms with Gasteiger partial charge in [-0.05, 0) is 30.7 Å². The van der Waals surface area contributed by atoms with Crippen LogP contribution in [-0.2, 0) is 21.9 Å². The summed E-state index contributed by atoms with van der Waals surface area (Å²) in [5, 5.41) is 0. The topological polar surface area (TPSA) is 26.3 Å². The first-order valence-electron chi connectivity index (χ1n) is 5.38. The third-order valence-corrected chi connectivity index (χ3v) is 2.42. The first-order chi connectivity index (χ1) is 8.91. The molecule has 1 aromatic carbocycles. The molecular formula is C12H10F6O2. The highest BCUT2D eigenvalue weighted by atomic mass is 19.4. The van der Waals surface area contributed by atoms with Crippen molar-refractivity contribution in [1.82, 2.24) is 0 Å². The molecule has 0 N–H and O–H groups in total. The van der Waals surface area contributed by atoms with Crippen molar-refractivity contribution in [2.75, 3.05) is 0 Å². The van der Waals surface area contributed by atoms with Crippen LogP contribution in [0.3, 0.4) is 0 Å². The summed E-state index contributed by atoms with van der Waals surface area (Å²) in [4.78, 5) is 10.7. The maximum atomic E-state index is 12.6. The molecule has 0 aliphatic heterocycles. The fourth-order valence-corrected chi connectivity index (χ4v) is 1.53. The van der Waals surface area contributed by atoms with Crippen molar-refractivity contribution < 1.29 is 35.9 Å². The molecule has 8 heteroatoms. The molecule has 0 saturated heterocycles. The molecule has 0 unspecified atom stereocenters. The molecule has 2 nitrogen and oxygen atoms in total. The van der Waals surface area contributed by atoms with Gasteiger partial charge in [0.1, 0.15) is 6.10 Å². The van der Waals surface area contributed by atoms with E-state index in [1.54, 1.807) is 0 Å². The molecule has 0 spiro atoms. The molecule has 112 valence electrons. The average molecular weight is 300 g/mol. The van der Waals surface area contributed by atoms with E-state index in [1.165, 1.54) is 6.92 Å². The van der Waals surface area contributed by atoms with Crippen molar-refractivity contribution in [3.8, 4) is 0 Å². The van der Waals surface area contributed by atoms with Crippen molar-refractivity contribution in [3.63, 3.8) is 0 Å². The first-order valence-corrected chi connectivity index (χ1v) is 5.38. The Morgan fingerprint density at radius 1 is 1.00 bits per heavy atom. The Labute approximate surface area is 110 Å². The number of esters is 1. The second-order valence-electron chi connectivity index (χ2n) is 4.09. The summed E-state index contributed by atoms with van der Waals surface area (Å²) in [5.74, 6) is -0.802. The highest BCUT2D eigenvalue weighted by molar-refractivity contribution is 5.66. The predicted octanol–water partition coefficient (Wildman–Crippen LogP) is 4.35. The SMILES string of the molecule is CC(=O)O[C@@H](C)c1cc(C(F)(F)F)cc(C(F)(F)F)c1. The number of halogens is 6. The van der Waals surface area contributed by atoms with E-state index < -0.39 is 35.6 Å². The highest BCUT2D eigenvalue weighted by Crippen LogP contribution is 2.37. The maximum Gasteiger partial charge on any atom is 0.416 e. The van der Waals surface area contributed by atoms with Crippen LogP contribution in [0.25, 0.3) is 0 Å².